The molecule has 0 saturated heterocycles. The van der Waals surface area contributed by atoms with Crippen LogP contribution in [0.3, 0.4) is 0 Å². The van der Waals surface area contributed by atoms with E-state index in [1.165, 1.54) is 11.3 Å². The first-order valence-corrected chi connectivity index (χ1v) is 9.89. The Labute approximate surface area is 166 Å². The van der Waals surface area contributed by atoms with E-state index in [2.05, 4.69) is 26.2 Å². The van der Waals surface area contributed by atoms with Crippen molar-refractivity contribution in [3.8, 4) is 0 Å². The summed E-state index contributed by atoms with van der Waals surface area (Å²) in [5.41, 5.74) is 2.84. The number of nitrogens with one attached hydrogen (secondary N) is 1. The third-order valence-corrected chi connectivity index (χ3v) is 5.90. The minimum atomic E-state index is -0.0943. The van der Waals surface area contributed by atoms with Crippen LogP contribution in [0, 0.1) is 6.92 Å². The molecule has 6 heteroatoms. The van der Waals surface area contributed by atoms with E-state index in [0.717, 1.165) is 26.5 Å². The van der Waals surface area contributed by atoms with Crippen LogP contribution in [0.2, 0.25) is 0 Å². The fourth-order valence-corrected chi connectivity index (χ4v) is 3.81. The molecule has 3 aromatic rings. The van der Waals surface area contributed by atoms with Crippen molar-refractivity contribution >= 4 is 44.0 Å². The largest absolute Gasteiger partial charge is 0.345 e. The Morgan fingerprint density at radius 2 is 1.81 bits per heavy atom. The van der Waals surface area contributed by atoms with E-state index in [-0.39, 0.29) is 11.9 Å². The molecule has 26 heavy (non-hydrogen) atoms. The van der Waals surface area contributed by atoms with Gasteiger partial charge in [-0.05, 0) is 43.7 Å². The summed E-state index contributed by atoms with van der Waals surface area (Å²) in [6.07, 6.45) is 0. The lowest BCUT2D eigenvalue weighted by Gasteiger charge is -2.15. The summed E-state index contributed by atoms with van der Waals surface area (Å²) in [6, 6.07) is 17.9. The van der Waals surface area contributed by atoms with Crippen molar-refractivity contribution in [3.05, 3.63) is 75.2 Å². The van der Waals surface area contributed by atoms with E-state index in [9.17, 15) is 4.79 Å². The number of hydrogen-bond acceptors (Lipinski definition) is 4. The van der Waals surface area contributed by atoms with Gasteiger partial charge in [-0.2, -0.15) is 0 Å². The summed E-state index contributed by atoms with van der Waals surface area (Å²) in [6.45, 7) is 3.85. The highest BCUT2D eigenvalue weighted by Crippen LogP contribution is 2.30. The molecule has 0 bridgehead atoms. The van der Waals surface area contributed by atoms with Crippen molar-refractivity contribution in [2.24, 2.45) is 0 Å². The standard InChI is InChI=1S/C20H20BrN3OS/c1-13(15-9-11-16(21)12-10-15)22-19(25)18-14(2)23-20(26-18)24(3)17-7-5-4-6-8-17/h4-13H,1-3H3,(H,22,25)/t13-/m0/s1. The van der Waals surface area contributed by atoms with Gasteiger partial charge in [-0.25, -0.2) is 4.98 Å². The topological polar surface area (TPSA) is 45.2 Å². The average molecular weight is 430 g/mol. The number of anilines is 2. The number of para-hydroxylation sites is 1. The quantitative estimate of drug-likeness (QED) is 0.584. The number of carbonyl (C=O) groups is 1. The van der Waals surface area contributed by atoms with Crippen molar-refractivity contribution < 1.29 is 4.79 Å². The summed E-state index contributed by atoms with van der Waals surface area (Å²) in [4.78, 5) is 19.9. The maximum Gasteiger partial charge on any atom is 0.263 e. The summed E-state index contributed by atoms with van der Waals surface area (Å²) in [7, 11) is 1.96. The lowest BCUT2D eigenvalue weighted by molar-refractivity contribution is 0.0943. The molecule has 1 aromatic heterocycles. The first kappa shape index (κ1) is 18.6. The predicted octanol–water partition coefficient (Wildman–Crippen LogP) is 5.47. The minimum absolute atomic E-state index is 0.0765. The highest BCUT2D eigenvalue weighted by atomic mass is 79.9. The number of aryl methyl sites for hydroxylation is 1. The van der Waals surface area contributed by atoms with Crippen LogP contribution in [0.25, 0.3) is 0 Å². The number of nitrogens with zero attached hydrogens (tertiary/aromatic N) is 2. The Bertz CT molecular complexity index is 893. The van der Waals surface area contributed by atoms with Crippen molar-refractivity contribution in [2.45, 2.75) is 19.9 Å². The molecule has 0 spiro atoms. The van der Waals surface area contributed by atoms with E-state index < -0.39 is 0 Å². The number of hydrogen-bond donors (Lipinski definition) is 1. The molecule has 0 fully saturated rings. The number of aromatic nitrogens is 1. The molecule has 4 nitrogen and oxygen atoms in total. The van der Waals surface area contributed by atoms with Gasteiger partial charge in [-0.3, -0.25) is 4.79 Å². The van der Waals surface area contributed by atoms with Crippen LogP contribution in [0.5, 0.6) is 0 Å². The first-order chi connectivity index (χ1) is 12.5. The van der Waals surface area contributed by atoms with Gasteiger partial charge in [-0.15, -0.1) is 0 Å². The molecule has 134 valence electrons. The molecule has 1 atom stereocenters. The number of benzene rings is 2. The fourth-order valence-electron chi connectivity index (χ4n) is 2.60. The molecule has 0 aliphatic heterocycles. The second kappa shape index (κ2) is 8.01. The molecule has 0 aliphatic rings. The molecule has 1 heterocycles. The molecular formula is C20H20BrN3OS. The molecule has 1 N–H and O–H groups in total. The number of rotatable bonds is 5. The van der Waals surface area contributed by atoms with Gasteiger partial charge in [0, 0.05) is 17.2 Å². The Kier molecular flexibility index (Phi) is 5.74. The van der Waals surface area contributed by atoms with Gasteiger partial charge >= 0.3 is 0 Å². The lowest BCUT2D eigenvalue weighted by Crippen LogP contribution is -2.26. The van der Waals surface area contributed by atoms with Crippen LogP contribution >= 0.6 is 27.3 Å². The Morgan fingerprint density at radius 3 is 2.46 bits per heavy atom. The number of halogens is 1. The Hall–Kier alpha value is -2.18. The van der Waals surface area contributed by atoms with Gasteiger partial charge in [0.05, 0.1) is 11.7 Å². The number of amides is 1. The fraction of sp³-hybridized carbons (Fsp3) is 0.200. The highest BCUT2D eigenvalue weighted by Gasteiger charge is 2.19. The van der Waals surface area contributed by atoms with Crippen molar-refractivity contribution in [1.82, 2.24) is 10.3 Å². The normalized spacial score (nSPS) is 11.8. The van der Waals surface area contributed by atoms with E-state index in [0.29, 0.717) is 4.88 Å². The molecular weight excluding hydrogens is 410 g/mol. The first-order valence-electron chi connectivity index (χ1n) is 8.28. The third-order valence-electron chi connectivity index (χ3n) is 4.14. The van der Waals surface area contributed by atoms with E-state index in [1.54, 1.807) is 0 Å². The monoisotopic (exact) mass is 429 g/mol. The summed E-state index contributed by atoms with van der Waals surface area (Å²) < 4.78 is 1.02. The van der Waals surface area contributed by atoms with Gasteiger partial charge in [0.2, 0.25) is 0 Å². The van der Waals surface area contributed by atoms with Crippen molar-refractivity contribution in [2.75, 3.05) is 11.9 Å². The van der Waals surface area contributed by atoms with Gasteiger partial charge in [-0.1, -0.05) is 57.6 Å². The number of carbonyl (C=O) groups excluding carboxylic acids is 1. The van der Waals surface area contributed by atoms with Gasteiger partial charge in [0.15, 0.2) is 5.13 Å². The third kappa shape index (κ3) is 4.14. The van der Waals surface area contributed by atoms with E-state index in [4.69, 9.17) is 0 Å². The van der Waals surface area contributed by atoms with Crippen molar-refractivity contribution in [1.29, 1.82) is 0 Å². The SMILES string of the molecule is Cc1nc(N(C)c2ccccc2)sc1C(=O)N[C@@H](C)c1ccc(Br)cc1. The van der Waals surface area contributed by atoms with Crippen LogP contribution < -0.4 is 10.2 Å². The maximum absolute atomic E-state index is 12.7. The van der Waals surface area contributed by atoms with Crippen LogP contribution in [0.4, 0.5) is 10.8 Å². The second-order valence-corrected chi connectivity index (χ2v) is 7.95. The Morgan fingerprint density at radius 1 is 1.15 bits per heavy atom. The zero-order valence-electron chi connectivity index (χ0n) is 14.9. The van der Waals surface area contributed by atoms with Crippen LogP contribution in [0.1, 0.15) is 33.9 Å². The summed E-state index contributed by atoms with van der Waals surface area (Å²) >= 11 is 4.83. The minimum Gasteiger partial charge on any atom is -0.345 e. The predicted molar refractivity (Wildman–Crippen MR) is 111 cm³/mol. The molecule has 3 rings (SSSR count). The maximum atomic E-state index is 12.7. The van der Waals surface area contributed by atoms with E-state index >= 15 is 0 Å². The molecule has 0 unspecified atom stereocenters. The summed E-state index contributed by atoms with van der Waals surface area (Å²) in [5.74, 6) is -0.0943. The molecule has 2 aromatic carbocycles. The summed E-state index contributed by atoms with van der Waals surface area (Å²) in [5, 5.41) is 3.86. The van der Waals surface area contributed by atoms with Crippen LogP contribution in [-0.2, 0) is 0 Å². The molecule has 0 saturated carbocycles. The average Bonchev–Trinajstić information content (AvgIpc) is 3.04. The van der Waals surface area contributed by atoms with Gasteiger partial charge < -0.3 is 10.2 Å². The van der Waals surface area contributed by atoms with Crippen molar-refractivity contribution in [3.63, 3.8) is 0 Å². The van der Waals surface area contributed by atoms with Crippen LogP contribution in [-0.4, -0.2) is 17.9 Å². The number of thiazole rings is 1. The van der Waals surface area contributed by atoms with Gasteiger partial charge in [0.25, 0.3) is 5.91 Å². The molecule has 0 aliphatic carbocycles. The lowest BCUT2D eigenvalue weighted by atomic mass is 10.1. The second-order valence-electron chi connectivity index (χ2n) is 6.05. The molecule has 0 radical (unpaired) electrons. The van der Waals surface area contributed by atoms with E-state index in [1.807, 2.05) is 80.4 Å². The Balaban J connectivity index is 1.76. The zero-order valence-corrected chi connectivity index (χ0v) is 17.3. The smallest absolute Gasteiger partial charge is 0.263 e. The zero-order chi connectivity index (χ0) is 18.7. The molecule has 1 amide bonds. The van der Waals surface area contributed by atoms with Gasteiger partial charge in [0.1, 0.15) is 4.88 Å². The van der Waals surface area contributed by atoms with Crippen LogP contribution in [0.15, 0.2) is 59.1 Å². The highest BCUT2D eigenvalue weighted by molar-refractivity contribution is 9.10.